The molecular formula is C29H34N6O3. The molecule has 5 rings (SSSR count). The van der Waals surface area contributed by atoms with E-state index in [0.29, 0.717) is 36.9 Å². The normalized spacial score (nSPS) is 14.0. The molecule has 198 valence electrons. The fourth-order valence-electron chi connectivity index (χ4n) is 4.52. The van der Waals surface area contributed by atoms with Crippen LogP contribution in [0.1, 0.15) is 15.9 Å². The Morgan fingerprint density at radius 1 is 1.03 bits per heavy atom. The number of H-pyrrole nitrogens is 1. The molecule has 9 heteroatoms. The van der Waals surface area contributed by atoms with Crippen LogP contribution < -0.4 is 20.3 Å². The van der Waals surface area contributed by atoms with E-state index < -0.39 is 0 Å². The topological polar surface area (TPSA) is 94.8 Å². The van der Waals surface area contributed by atoms with Crippen LogP contribution in [0.25, 0.3) is 10.9 Å². The molecule has 0 unspecified atom stereocenters. The van der Waals surface area contributed by atoms with Gasteiger partial charge in [0.25, 0.3) is 5.91 Å². The summed E-state index contributed by atoms with van der Waals surface area (Å²) in [4.78, 5) is 18.1. The molecule has 1 amide bonds. The van der Waals surface area contributed by atoms with Crippen LogP contribution in [0, 0.1) is 0 Å². The molecule has 0 radical (unpaired) electrons. The van der Waals surface area contributed by atoms with Crippen molar-refractivity contribution in [3.63, 3.8) is 0 Å². The van der Waals surface area contributed by atoms with E-state index in [1.54, 1.807) is 7.11 Å². The number of fused-ring (bicyclic) bond motifs is 1. The third-order valence-electron chi connectivity index (χ3n) is 6.75. The van der Waals surface area contributed by atoms with Crippen LogP contribution >= 0.6 is 0 Å². The van der Waals surface area contributed by atoms with Gasteiger partial charge in [0, 0.05) is 56.6 Å². The second kappa shape index (κ2) is 12.0. The molecule has 0 aliphatic carbocycles. The van der Waals surface area contributed by atoms with Crippen LogP contribution in [0.2, 0.25) is 0 Å². The third kappa shape index (κ3) is 6.07. The number of aromatic amines is 1. The van der Waals surface area contributed by atoms with Crippen molar-refractivity contribution >= 4 is 34.0 Å². The van der Waals surface area contributed by atoms with Gasteiger partial charge in [-0.15, -0.1) is 0 Å². The van der Waals surface area contributed by atoms with Crippen molar-refractivity contribution in [2.24, 2.45) is 0 Å². The van der Waals surface area contributed by atoms with Crippen molar-refractivity contribution in [2.75, 3.05) is 69.0 Å². The van der Waals surface area contributed by atoms with Crippen LogP contribution in [0.4, 0.5) is 17.2 Å². The molecule has 3 aromatic carbocycles. The maximum absolute atomic E-state index is 13.4. The van der Waals surface area contributed by atoms with E-state index in [0.717, 1.165) is 54.0 Å². The predicted molar refractivity (Wildman–Crippen MR) is 151 cm³/mol. The van der Waals surface area contributed by atoms with Gasteiger partial charge in [0.05, 0.1) is 17.7 Å². The molecule has 1 aliphatic heterocycles. The number of carbonyl (C=O) groups is 1. The van der Waals surface area contributed by atoms with Gasteiger partial charge in [0.1, 0.15) is 12.4 Å². The number of nitrogens with zero attached hydrogens (tertiary/aromatic N) is 3. The average molecular weight is 515 g/mol. The first-order valence-electron chi connectivity index (χ1n) is 12.9. The molecule has 9 nitrogen and oxygen atoms in total. The summed E-state index contributed by atoms with van der Waals surface area (Å²) in [6, 6.07) is 21.6. The van der Waals surface area contributed by atoms with Crippen molar-refractivity contribution in [1.29, 1.82) is 0 Å². The lowest BCUT2D eigenvalue weighted by Crippen LogP contribution is -2.44. The van der Waals surface area contributed by atoms with Gasteiger partial charge in [-0.2, -0.15) is 5.10 Å². The molecule has 38 heavy (non-hydrogen) atoms. The Hall–Kier alpha value is -4.08. The van der Waals surface area contributed by atoms with Crippen molar-refractivity contribution in [1.82, 2.24) is 15.1 Å². The molecule has 3 N–H and O–H groups in total. The summed E-state index contributed by atoms with van der Waals surface area (Å²) in [5.41, 5.74) is 4.31. The lowest BCUT2D eigenvalue weighted by atomic mass is 10.1. The van der Waals surface area contributed by atoms with Gasteiger partial charge in [0.15, 0.2) is 5.82 Å². The predicted octanol–water partition coefficient (Wildman–Crippen LogP) is 4.20. The summed E-state index contributed by atoms with van der Waals surface area (Å²) in [6.45, 7) is 5.52. The van der Waals surface area contributed by atoms with Crippen molar-refractivity contribution < 1.29 is 14.3 Å². The number of methoxy groups -OCH3 is 1. The van der Waals surface area contributed by atoms with Gasteiger partial charge in [0.2, 0.25) is 0 Å². The fraction of sp³-hybridized carbons (Fsp3) is 0.310. The largest absolute Gasteiger partial charge is 0.489 e. The number of likely N-dealkylation sites (N-methyl/N-ethyl adjacent to an activating group) is 1. The summed E-state index contributed by atoms with van der Waals surface area (Å²) in [5, 5.41) is 14.5. The highest BCUT2D eigenvalue weighted by Gasteiger charge is 2.19. The Balaban J connectivity index is 1.34. The van der Waals surface area contributed by atoms with E-state index in [1.807, 2.05) is 66.7 Å². The monoisotopic (exact) mass is 514 g/mol. The quantitative estimate of drug-likeness (QED) is 0.273. The first-order chi connectivity index (χ1) is 18.6. The number of anilines is 3. The van der Waals surface area contributed by atoms with E-state index in [-0.39, 0.29) is 5.91 Å². The van der Waals surface area contributed by atoms with E-state index in [1.165, 1.54) is 0 Å². The molecule has 1 aromatic heterocycles. The van der Waals surface area contributed by atoms with Gasteiger partial charge in [-0.3, -0.25) is 9.89 Å². The van der Waals surface area contributed by atoms with Crippen molar-refractivity contribution in [3.05, 3.63) is 77.9 Å². The summed E-state index contributed by atoms with van der Waals surface area (Å²) in [5.74, 6) is 0.928. The molecular weight excluding hydrogens is 480 g/mol. The summed E-state index contributed by atoms with van der Waals surface area (Å²) >= 11 is 0. The smallest absolute Gasteiger partial charge is 0.258 e. The number of benzene rings is 3. The number of amides is 1. The SMILES string of the molecule is COCCNc1cc(N2CCN(C)CC2)ccc1C(=O)Nc1n[nH]c2ccc(OCc3ccccc3)cc12. The molecule has 0 saturated carbocycles. The minimum atomic E-state index is -0.237. The lowest BCUT2D eigenvalue weighted by Gasteiger charge is -2.34. The summed E-state index contributed by atoms with van der Waals surface area (Å²) in [6.07, 6.45) is 0. The van der Waals surface area contributed by atoms with E-state index in [2.05, 4.69) is 37.7 Å². The molecule has 1 fully saturated rings. The molecule has 1 aliphatic rings. The van der Waals surface area contributed by atoms with Crippen molar-refractivity contribution in [3.8, 4) is 5.75 Å². The molecule has 4 aromatic rings. The van der Waals surface area contributed by atoms with Gasteiger partial charge >= 0.3 is 0 Å². The van der Waals surface area contributed by atoms with Gasteiger partial charge < -0.3 is 29.9 Å². The molecule has 0 bridgehead atoms. The van der Waals surface area contributed by atoms with E-state index in [9.17, 15) is 4.79 Å². The number of hydrogen-bond donors (Lipinski definition) is 3. The minimum Gasteiger partial charge on any atom is -0.489 e. The number of rotatable bonds is 10. The number of carbonyl (C=O) groups excluding carboxylic acids is 1. The Labute approximate surface area is 222 Å². The standard InChI is InChI=1S/C29H34N6O3/c1-34-13-15-35(16-14-34)22-8-10-24(27(18-22)30-12-17-37-2)29(36)31-28-25-19-23(9-11-26(25)32-33-28)38-20-21-6-4-3-5-7-21/h3-11,18-19,30H,12-17,20H2,1-2H3,(H2,31,32,33,36). The zero-order chi connectivity index (χ0) is 26.3. The van der Waals surface area contributed by atoms with Crippen LogP contribution in [0.15, 0.2) is 66.7 Å². The van der Waals surface area contributed by atoms with Crippen LogP contribution in [0.5, 0.6) is 5.75 Å². The van der Waals surface area contributed by atoms with E-state index in [4.69, 9.17) is 9.47 Å². The third-order valence-corrected chi connectivity index (χ3v) is 6.75. The lowest BCUT2D eigenvalue weighted by molar-refractivity contribution is 0.102. The highest BCUT2D eigenvalue weighted by atomic mass is 16.5. The summed E-state index contributed by atoms with van der Waals surface area (Å²) in [7, 11) is 3.80. The number of aromatic nitrogens is 2. The minimum absolute atomic E-state index is 0.237. The molecule has 0 spiro atoms. The van der Waals surface area contributed by atoms with Gasteiger partial charge in [-0.05, 0) is 49.0 Å². The maximum atomic E-state index is 13.4. The van der Waals surface area contributed by atoms with Crippen molar-refractivity contribution in [2.45, 2.75) is 6.61 Å². The summed E-state index contributed by atoms with van der Waals surface area (Å²) < 4.78 is 11.2. The molecule has 2 heterocycles. The first kappa shape index (κ1) is 25.6. The number of nitrogens with one attached hydrogen (secondary N) is 3. The maximum Gasteiger partial charge on any atom is 0.258 e. The molecule has 1 saturated heterocycles. The van der Waals surface area contributed by atoms with Crippen LogP contribution in [0.3, 0.4) is 0 Å². The second-order valence-corrected chi connectivity index (χ2v) is 9.45. The number of ether oxygens (including phenoxy) is 2. The zero-order valence-electron chi connectivity index (χ0n) is 21.9. The second-order valence-electron chi connectivity index (χ2n) is 9.45. The molecule has 0 atom stereocenters. The number of hydrogen-bond acceptors (Lipinski definition) is 7. The first-order valence-corrected chi connectivity index (χ1v) is 12.9. The fourth-order valence-corrected chi connectivity index (χ4v) is 4.52. The average Bonchev–Trinajstić information content (AvgIpc) is 3.34. The van der Waals surface area contributed by atoms with Gasteiger partial charge in [-0.25, -0.2) is 0 Å². The van der Waals surface area contributed by atoms with Crippen LogP contribution in [-0.2, 0) is 11.3 Å². The Morgan fingerprint density at radius 2 is 1.84 bits per heavy atom. The highest BCUT2D eigenvalue weighted by molar-refractivity contribution is 6.11. The van der Waals surface area contributed by atoms with E-state index >= 15 is 0 Å². The Morgan fingerprint density at radius 3 is 2.63 bits per heavy atom. The van der Waals surface area contributed by atoms with Gasteiger partial charge in [-0.1, -0.05) is 30.3 Å². The Bertz CT molecular complexity index is 1370. The number of piperazine rings is 1. The zero-order valence-corrected chi connectivity index (χ0v) is 21.9. The Kier molecular flexibility index (Phi) is 8.06. The highest BCUT2D eigenvalue weighted by Crippen LogP contribution is 2.29. The van der Waals surface area contributed by atoms with Crippen LogP contribution in [-0.4, -0.2) is 74.5 Å².